The minimum Gasteiger partial charge on any atom is -0.312 e. The van der Waals surface area contributed by atoms with Gasteiger partial charge in [0.15, 0.2) is 0 Å². The minimum absolute atomic E-state index is 0.215. The van der Waals surface area contributed by atoms with Crippen LogP contribution in [0.25, 0.3) is 0 Å². The van der Waals surface area contributed by atoms with Crippen LogP contribution in [-0.2, 0) is 16.2 Å². The van der Waals surface area contributed by atoms with Crippen molar-refractivity contribution in [3.05, 3.63) is 35.9 Å². The van der Waals surface area contributed by atoms with Gasteiger partial charge in [-0.3, -0.25) is 9.63 Å². The maximum Gasteiger partial charge on any atom is 0.352 e. The molecule has 2 heterocycles. The number of benzene rings is 1. The summed E-state index contributed by atoms with van der Waals surface area (Å²) >= 11 is 0. The number of hydrogen-bond acceptors (Lipinski definition) is 4. The second kappa shape index (κ2) is 4.99. The van der Waals surface area contributed by atoms with Gasteiger partial charge in [-0.2, -0.15) is 0 Å². The molecule has 1 aromatic rings. The quantitative estimate of drug-likeness (QED) is 0.798. The predicted molar refractivity (Wildman–Crippen MR) is 66.8 cm³/mol. The predicted octanol–water partition coefficient (Wildman–Crippen LogP) is 0.354. The van der Waals surface area contributed by atoms with Crippen LogP contribution in [0.2, 0.25) is 0 Å². The number of hydrogen-bond donors (Lipinski definition) is 1. The number of carbonyl (C=O) groups is 2. The molecule has 2 saturated heterocycles. The fraction of sp³-hybridized carbons (Fsp3) is 0.385. The first-order valence-corrected chi connectivity index (χ1v) is 6.29. The van der Waals surface area contributed by atoms with Crippen LogP contribution < -0.4 is 5.32 Å². The van der Waals surface area contributed by atoms with E-state index in [0.717, 1.165) is 10.6 Å². The number of fused-ring (bicyclic) bond motifs is 1. The molecule has 0 saturated carbocycles. The summed E-state index contributed by atoms with van der Waals surface area (Å²) in [6.07, 6.45) is 0. The molecule has 0 spiro atoms. The second-order valence-electron chi connectivity index (χ2n) is 4.59. The average molecular weight is 261 g/mol. The highest BCUT2D eigenvalue weighted by Crippen LogP contribution is 2.20. The number of urea groups is 1. The molecule has 2 fully saturated rings. The van der Waals surface area contributed by atoms with Gasteiger partial charge in [-0.1, -0.05) is 30.3 Å². The van der Waals surface area contributed by atoms with Gasteiger partial charge in [0.2, 0.25) is 0 Å². The molecule has 6 nitrogen and oxygen atoms in total. The Balaban J connectivity index is 1.68. The number of carbonyl (C=O) groups excluding carboxylic acids is 2. The molecule has 0 radical (unpaired) electrons. The van der Waals surface area contributed by atoms with Crippen LogP contribution in [0.5, 0.6) is 0 Å². The summed E-state index contributed by atoms with van der Waals surface area (Å²) in [6.45, 7) is 1.96. The summed E-state index contributed by atoms with van der Waals surface area (Å²) in [5, 5.41) is 4.00. The highest BCUT2D eigenvalue weighted by Gasteiger charge is 2.47. The zero-order valence-corrected chi connectivity index (χ0v) is 10.4. The SMILES string of the molecule is O=C1C2CNCCN2C(=O)N1OCc1ccccc1. The van der Waals surface area contributed by atoms with Crippen LogP contribution in [0.4, 0.5) is 4.79 Å². The molecule has 0 aliphatic carbocycles. The molecule has 100 valence electrons. The van der Waals surface area contributed by atoms with E-state index in [0.29, 0.717) is 19.6 Å². The third-order valence-corrected chi connectivity index (χ3v) is 3.35. The van der Waals surface area contributed by atoms with Crippen molar-refractivity contribution in [2.75, 3.05) is 19.6 Å². The van der Waals surface area contributed by atoms with E-state index in [-0.39, 0.29) is 18.5 Å². The fourth-order valence-corrected chi connectivity index (χ4v) is 2.33. The zero-order chi connectivity index (χ0) is 13.2. The van der Waals surface area contributed by atoms with Gasteiger partial charge < -0.3 is 10.2 Å². The molecule has 1 aromatic carbocycles. The number of amides is 3. The number of rotatable bonds is 3. The van der Waals surface area contributed by atoms with E-state index in [1.807, 2.05) is 30.3 Å². The lowest BCUT2D eigenvalue weighted by Crippen LogP contribution is -2.51. The summed E-state index contributed by atoms with van der Waals surface area (Å²) < 4.78 is 0. The summed E-state index contributed by atoms with van der Waals surface area (Å²) in [5.74, 6) is -0.284. The molecule has 6 heteroatoms. The number of piperazine rings is 1. The lowest BCUT2D eigenvalue weighted by Gasteiger charge is -2.26. The number of hydroxylamine groups is 2. The van der Waals surface area contributed by atoms with Gasteiger partial charge in [-0.15, -0.1) is 5.06 Å². The topological polar surface area (TPSA) is 61.9 Å². The van der Waals surface area contributed by atoms with Crippen molar-refractivity contribution in [3.63, 3.8) is 0 Å². The van der Waals surface area contributed by atoms with Crippen LogP contribution in [-0.4, -0.2) is 47.6 Å². The number of nitrogens with one attached hydrogen (secondary N) is 1. The Labute approximate surface area is 110 Å². The van der Waals surface area contributed by atoms with Gasteiger partial charge in [-0.05, 0) is 5.56 Å². The van der Waals surface area contributed by atoms with E-state index in [2.05, 4.69) is 5.32 Å². The van der Waals surface area contributed by atoms with Gasteiger partial charge in [0.25, 0.3) is 5.91 Å². The fourth-order valence-electron chi connectivity index (χ4n) is 2.33. The Kier molecular flexibility index (Phi) is 3.18. The van der Waals surface area contributed by atoms with E-state index in [9.17, 15) is 9.59 Å². The standard InChI is InChI=1S/C13H15N3O3/c17-12-11-8-14-6-7-15(11)13(18)16(12)19-9-10-4-2-1-3-5-10/h1-5,11,14H,6-9H2. The van der Waals surface area contributed by atoms with Crippen molar-refractivity contribution in [2.24, 2.45) is 0 Å². The molecule has 2 aliphatic rings. The molecule has 3 rings (SSSR count). The van der Waals surface area contributed by atoms with Crippen LogP contribution in [0.3, 0.4) is 0 Å². The normalized spacial score (nSPS) is 22.8. The minimum atomic E-state index is -0.419. The average Bonchev–Trinajstić information content (AvgIpc) is 2.71. The molecule has 19 heavy (non-hydrogen) atoms. The van der Waals surface area contributed by atoms with Crippen molar-refractivity contribution in [1.29, 1.82) is 0 Å². The van der Waals surface area contributed by atoms with E-state index in [1.165, 1.54) is 0 Å². The number of nitrogens with zero attached hydrogens (tertiary/aromatic N) is 2. The molecular formula is C13H15N3O3. The first kappa shape index (κ1) is 12.1. The van der Waals surface area contributed by atoms with Crippen molar-refractivity contribution in [3.8, 4) is 0 Å². The Hall–Kier alpha value is -1.92. The Morgan fingerprint density at radius 2 is 2.05 bits per heavy atom. The summed E-state index contributed by atoms with van der Waals surface area (Å²) in [7, 11) is 0. The van der Waals surface area contributed by atoms with E-state index >= 15 is 0 Å². The van der Waals surface area contributed by atoms with Crippen molar-refractivity contribution >= 4 is 11.9 Å². The van der Waals surface area contributed by atoms with E-state index in [4.69, 9.17) is 4.84 Å². The smallest absolute Gasteiger partial charge is 0.312 e. The zero-order valence-electron chi connectivity index (χ0n) is 10.4. The molecule has 1 N–H and O–H groups in total. The summed E-state index contributed by atoms with van der Waals surface area (Å²) in [6, 6.07) is 8.69. The molecule has 3 amide bonds. The van der Waals surface area contributed by atoms with Crippen LogP contribution in [0.15, 0.2) is 30.3 Å². The van der Waals surface area contributed by atoms with E-state index < -0.39 is 6.04 Å². The molecule has 0 aromatic heterocycles. The summed E-state index contributed by atoms with van der Waals surface area (Å²) in [5.41, 5.74) is 0.922. The highest BCUT2D eigenvalue weighted by atomic mass is 16.7. The third-order valence-electron chi connectivity index (χ3n) is 3.35. The van der Waals surface area contributed by atoms with Crippen LogP contribution in [0, 0.1) is 0 Å². The lowest BCUT2D eigenvalue weighted by atomic mass is 10.2. The third kappa shape index (κ3) is 2.20. The van der Waals surface area contributed by atoms with E-state index in [1.54, 1.807) is 4.90 Å². The lowest BCUT2D eigenvalue weighted by molar-refractivity contribution is -0.167. The highest BCUT2D eigenvalue weighted by molar-refractivity contribution is 6.03. The second-order valence-corrected chi connectivity index (χ2v) is 4.59. The monoisotopic (exact) mass is 261 g/mol. The van der Waals surface area contributed by atoms with Crippen molar-refractivity contribution < 1.29 is 14.4 Å². The van der Waals surface area contributed by atoms with Gasteiger partial charge in [0, 0.05) is 19.6 Å². The van der Waals surface area contributed by atoms with Gasteiger partial charge >= 0.3 is 6.03 Å². The van der Waals surface area contributed by atoms with Gasteiger partial charge in [0.05, 0.1) is 0 Å². The molecule has 1 atom stereocenters. The van der Waals surface area contributed by atoms with Crippen LogP contribution >= 0.6 is 0 Å². The first-order valence-electron chi connectivity index (χ1n) is 6.29. The Morgan fingerprint density at radius 3 is 2.79 bits per heavy atom. The summed E-state index contributed by atoms with van der Waals surface area (Å²) in [4.78, 5) is 31.0. The molecule has 2 aliphatic heterocycles. The van der Waals surface area contributed by atoms with Crippen molar-refractivity contribution in [2.45, 2.75) is 12.6 Å². The molecule has 0 bridgehead atoms. The van der Waals surface area contributed by atoms with Gasteiger partial charge in [0.1, 0.15) is 12.6 Å². The molecular weight excluding hydrogens is 246 g/mol. The van der Waals surface area contributed by atoms with Gasteiger partial charge in [-0.25, -0.2) is 4.79 Å². The first-order chi connectivity index (χ1) is 9.27. The largest absolute Gasteiger partial charge is 0.352 e. The maximum absolute atomic E-state index is 12.1. The Morgan fingerprint density at radius 1 is 1.26 bits per heavy atom. The maximum atomic E-state index is 12.1. The number of imide groups is 1. The van der Waals surface area contributed by atoms with Crippen molar-refractivity contribution in [1.82, 2.24) is 15.3 Å². The molecule has 1 unspecified atom stereocenters. The van der Waals surface area contributed by atoms with Crippen LogP contribution in [0.1, 0.15) is 5.56 Å². The Bertz CT molecular complexity index is 467.